The number of anilines is 1. The number of hydrogen-bond donors (Lipinski definition) is 1. The molecule has 112 valence electrons. The van der Waals surface area contributed by atoms with Crippen LogP contribution in [0.5, 0.6) is 0 Å². The van der Waals surface area contributed by atoms with Crippen molar-refractivity contribution in [3.63, 3.8) is 0 Å². The summed E-state index contributed by atoms with van der Waals surface area (Å²) in [5.41, 5.74) is 7.74. The molecule has 0 saturated heterocycles. The summed E-state index contributed by atoms with van der Waals surface area (Å²) >= 11 is 3.47. The summed E-state index contributed by atoms with van der Waals surface area (Å²) in [6.45, 7) is 3.04. The zero-order valence-electron chi connectivity index (χ0n) is 12.1. The summed E-state index contributed by atoms with van der Waals surface area (Å²) in [5, 5.41) is 0. The molecule has 1 aliphatic rings. The van der Waals surface area contributed by atoms with Crippen LogP contribution in [0.15, 0.2) is 22.7 Å². The van der Waals surface area contributed by atoms with Crippen LogP contribution in [-0.2, 0) is 6.54 Å². The first-order chi connectivity index (χ1) is 10.1. The second kappa shape index (κ2) is 5.79. The molecule has 3 rings (SSSR count). The minimum Gasteiger partial charge on any atom is -0.383 e. The lowest BCUT2D eigenvalue weighted by molar-refractivity contribution is 0.609. The minimum absolute atomic E-state index is 0.274. The normalized spacial score (nSPS) is 14.6. The molecule has 5 heteroatoms. The van der Waals surface area contributed by atoms with E-state index in [4.69, 9.17) is 10.7 Å². The predicted molar refractivity (Wildman–Crippen MR) is 86.6 cm³/mol. The zero-order chi connectivity index (χ0) is 15.0. The number of nitrogen functional groups attached to an aromatic ring is 1. The Balaban J connectivity index is 2.08. The number of hydrogen-bond acceptors (Lipinski definition) is 2. The molecule has 0 unspecified atom stereocenters. The summed E-state index contributed by atoms with van der Waals surface area (Å²) in [6.07, 6.45) is 4.53. The van der Waals surface area contributed by atoms with Crippen LogP contribution in [0.2, 0.25) is 0 Å². The van der Waals surface area contributed by atoms with Gasteiger partial charge in [-0.15, -0.1) is 0 Å². The van der Waals surface area contributed by atoms with Crippen molar-refractivity contribution in [2.24, 2.45) is 0 Å². The van der Waals surface area contributed by atoms with Gasteiger partial charge in [-0.05, 0) is 37.5 Å². The van der Waals surface area contributed by atoms with E-state index >= 15 is 0 Å². The fraction of sp³-hybridized carbons (Fsp3) is 0.438. The Labute approximate surface area is 132 Å². The number of unbranched alkanes of at least 4 members (excludes halogenated alkanes) is 1. The summed E-state index contributed by atoms with van der Waals surface area (Å²) in [5.74, 6) is 1.96. The Hall–Kier alpha value is -1.36. The SMILES string of the molecule is CCCCn1c(C2CC2)nc(-c2cc(F)ccc2Br)c1N. The first-order valence-corrected chi connectivity index (χ1v) is 8.22. The van der Waals surface area contributed by atoms with E-state index in [1.807, 2.05) is 0 Å². The van der Waals surface area contributed by atoms with E-state index in [0.29, 0.717) is 17.4 Å². The van der Waals surface area contributed by atoms with Crippen molar-refractivity contribution in [3.8, 4) is 11.3 Å². The van der Waals surface area contributed by atoms with E-state index in [0.717, 1.165) is 35.2 Å². The van der Waals surface area contributed by atoms with Crippen molar-refractivity contribution < 1.29 is 4.39 Å². The van der Waals surface area contributed by atoms with Gasteiger partial charge in [0.25, 0.3) is 0 Å². The van der Waals surface area contributed by atoms with Crippen molar-refractivity contribution in [1.82, 2.24) is 9.55 Å². The topological polar surface area (TPSA) is 43.8 Å². The van der Waals surface area contributed by atoms with Gasteiger partial charge in [0, 0.05) is 22.5 Å². The molecule has 3 nitrogen and oxygen atoms in total. The van der Waals surface area contributed by atoms with E-state index < -0.39 is 0 Å². The Bertz CT molecular complexity index is 662. The monoisotopic (exact) mass is 351 g/mol. The second-order valence-corrected chi connectivity index (χ2v) is 6.46. The number of aromatic nitrogens is 2. The molecule has 0 aliphatic heterocycles. The summed E-state index contributed by atoms with van der Waals surface area (Å²) in [6, 6.07) is 4.62. The summed E-state index contributed by atoms with van der Waals surface area (Å²) in [7, 11) is 0. The number of nitrogens with zero attached hydrogens (tertiary/aromatic N) is 2. The Morgan fingerprint density at radius 1 is 1.43 bits per heavy atom. The lowest BCUT2D eigenvalue weighted by Crippen LogP contribution is -2.06. The molecule has 1 fully saturated rings. The van der Waals surface area contributed by atoms with Crippen molar-refractivity contribution in [1.29, 1.82) is 0 Å². The maximum absolute atomic E-state index is 13.5. The van der Waals surface area contributed by atoms with Crippen LogP contribution in [0.1, 0.15) is 44.3 Å². The van der Waals surface area contributed by atoms with Gasteiger partial charge in [-0.2, -0.15) is 0 Å². The standard InChI is InChI=1S/C16H19BrFN3/c1-2-3-8-21-15(19)14(20-16(21)10-4-5-10)12-9-11(18)6-7-13(12)17/h6-7,9-10H,2-5,8,19H2,1H3. The molecule has 0 bridgehead atoms. The first-order valence-electron chi connectivity index (χ1n) is 7.43. The Kier molecular flexibility index (Phi) is 4.02. The highest BCUT2D eigenvalue weighted by Crippen LogP contribution is 2.43. The molecule has 0 spiro atoms. The van der Waals surface area contributed by atoms with Gasteiger partial charge in [-0.25, -0.2) is 9.37 Å². The lowest BCUT2D eigenvalue weighted by Gasteiger charge is -2.08. The van der Waals surface area contributed by atoms with Gasteiger partial charge in [0.05, 0.1) is 0 Å². The van der Waals surface area contributed by atoms with Gasteiger partial charge in [-0.3, -0.25) is 0 Å². The maximum Gasteiger partial charge on any atom is 0.131 e. The van der Waals surface area contributed by atoms with Crippen LogP contribution < -0.4 is 5.73 Å². The number of nitrogens with two attached hydrogens (primary N) is 1. The summed E-state index contributed by atoms with van der Waals surface area (Å²) in [4.78, 5) is 4.74. The van der Waals surface area contributed by atoms with Crippen molar-refractivity contribution in [3.05, 3.63) is 34.3 Å². The van der Waals surface area contributed by atoms with Crippen LogP contribution in [0.4, 0.5) is 10.2 Å². The van der Waals surface area contributed by atoms with Gasteiger partial charge in [0.15, 0.2) is 0 Å². The predicted octanol–water partition coefficient (Wildman–Crippen LogP) is 4.71. The molecular formula is C16H19BrFN3. The van der Waals surface area contributed by atoms with E-state index in [-0.39, 0.29) is 5.82 Å². The third-order valence-electron chi connectivity index (χ3n) is 3.90. The molecule has 21 heavy (non-hydrogen) atoms. The molecule has 0 amide bonds. The van der Waals surface area contributed by atoms with Crippen molar-refractivity contribution >= 4 is 21.7 Å². The highest BCUT2D eigenvalue weighted by Gasteiger charge is 2.31. The third-order valence-corrected chi connectivity index (χ3v) is 4.59. The highest BCUT2D eigenvalue weighted by molar-refractivity contribution is 9.10. The molecule has 1 saturated carbocycles. The summed E-state index contributed by atoms with van der Waals surface area (Å²) < 4.78 is 16.5. The first kappa shape index (κ1) is 14.6. The van der Waals surface area contributed by atoms with Crippen LogP contribution in [0.3, 0.4) is 0 Å². The molecular weight excluding hydrogens is 333 g/mol. The van der Waals surface area contributed by atoms with Gasteiger partial charge in [0.1, 0.15) is 23.2 Å². The molecule has 1 aromatic heterocycles. The molecule has 1 aromatic carbocycles. The van der Waals surface area contributed by atoms with E-state index in [9.17, 15) is 4.39 Å². The van der Waals surface area contributed by atoms with Gasteiger partial charge in [0.2, 0.25) is 0 Å². The number of imidazole rings is 1. The largest absolute Gasteiger partial charge is 0.383 e. The maximum atomic E-state index is 13.5. The fourth-order valence-corrected chi connectivity index (χ4v) is 3.00. The van der Waals surface area contributed by atoms with Crippen LogP contribution in [0.25, 0.3) is 11.3 Å². The van der Waals surface area contributed by atoms with Crippen LogP contribution in [-0.4, -0.2) is 9.55 Å². The second-order valence-electron chi connectivity index (χ2n) is 5.61. The quantitative estimate of drug-likeness (QED) is 0.847. The molecule has 0 atom stereocenters. The average Bonchev–Trinajstić information content (AvgIpc) is 3.25. The van der Waals surface area contributed by atoms with Crippen molar-refractivity contribution in [2.75, 3.05) is 5.73 Å². The van der Waals surface area contributed by atoms with E-state index in [1.54, 1.807) is 6.07 Å². The minimum atomic E-state index is -0.274. The van der Waals surface area contributed by atoms with Crippen LogP contribution >= 0.6 is 15.9 Å². The number of halogens is 2. The van der Waals surface area contributed by atoms with Crippen molar-refractivity contribution in [2.45, 2.75) is 45.1 Å². The van der Waals surface area contributed by atoms with E-state index in [2.05, 4.69) is 27.4 Å². The van der Waals surface area contributed by atoms with Crippen LogP contribution in [0, 0.1) is 5.82 Å². The van der Waals surface area contributed by atoms with Gasteiger partial charge >= 0.3 is 0 Å². The molecule has 1 aliphatic carbocycles. The number of rotatable bonds is 5. The zero-order valence-corrected chi connectivity index (χ0v) is 13.7. The lowest BCUT2D eigenvalue weighted by atomic mass is 10.1. The molecule has 0 radical (unpaired) electrons. The van der Waals surface area contributed by atoms with E-state index in [1.165, 1.54) is 25.0 Å². The molecule has 2 N–H and O–H groups in total. The average molecular weight is 352 g/mol. The third kappa shape index (κ3) is 2.84. The molecule has 1 heterocycles. The van der Waals surface area contributed by atoms with Gasteiger partial charge < -0.3 is 10.3 Å². The smallest absolute Gasteiger partial charge is 0.131 e. The Morgan fingerprint density at radius 3 is 2.86 bits per heavy atom. The fourth-order valence-electron chi connectivity index (χ4n) is 2.57. The highest BCUT2D eigenvalue weighted by atomic mass is 79.9. The number of benzene rings is 1. The Morgan fingerprint density at radius 2 is 2.19 bits per heavy atom. The van der Waals surface area contributed by atoms with Gasteiger partial charge in [-0.1, -0.05) is 29.3 Å². The molecule has 2 aromatic rings.